The van der Waals surface area contributed by atoms with E-state index in [-0.39, 0.29) is 0 Å². The molecule has 0 radical (unpaired) electrons. The number of aryl methyl sites for hydroxylation is 1. The number of aromatic nitrogens is 2. The third-order valence-corrected chi connectivity index (χ3v) is 2.89. The summed E-state index contributed by atoms with van der Waals surface area (Å²) in [4.78, 5) is 0. The van der Waals surface area contributed by atoms with Crippen LogP contribution in [0.25, 0.3) is 11.3 Å². The molecule has 0 aliphatic carbocycles. The third kappa shape index (κ3) is 2.27. The van der Waals surface area contributed by atoms with Crippen LogP contribution in [0.2, 0.25) is 0 Å². The van der Waals surface area contributed by atoms with Crippen LogP contribution in [0.1, 0.15) is 13.3 Å². The molecule has 0 fully saturated rings. The van der Waals surface area contributed by atoms with Crippen LogP contribution in [-0.4, -0.2) is 9.78 Å². The molecule has 0 atom stereocenters. The van der Waals surface area contributed by atoms with E-state index in [2.05, 4.69) is 28.0 Å². The second-order valence-electron chi connectivity index (χ2n) is 3.70. The minimum atomic E-state index is 0.732. The fourth-order valence-electron chi connectivity index (χ4n) is 1.61. The predicted octanol–water partition coefficient (Wildman–Crippen LogP) is 3.30. The quantitative estimate of drug-likeness (QED) is 0.937. The van der Waals surface area contributed by atoms with Gasteiger partial charge in [-0.05, 0) is 18.6 Å². The number of anilines is 1. The molecule has 1 heterocycles. The zero-order valence-corrected chi connectivity index (χ0v) is 10.7. The number of rotatable bonds is 3. The Morgan fingerprint density at radius 1 is 1.31 bits per heavy atom. The van der Waals surface area contributed by atoms with E-state index in [1.165, 1.54) is 0 Å². The van der Waals surface area contributed by atoms with E-state index < -0.39 is 0 Å². The van der Waals surface area contributed by atoms with Crippen molar-refractivity contribution in [1.29, 1.82) is 0 Å². The van der Waals surface area contributed by atoms with Crippen molar-refractivity contribution < 1.29 is 0 Å². The van der Waals surface area contributed by atoms with E-state index in [1.807, 2.05) is 35.1 Å². The molecule has 1 aromatic heterocycles. The van der Waals surface area contributed by atoms with Crippen molar-refractivity contribution in [2.24, 2.45) is 0 Å². The van der Waals surface area contributed by atoms with Gasteiger partial charge in [0.25, 0.3) is 0 Å². The lowest BCUT2D eigenvalue weighted by atomic mass is 10.1. The Balaban J connectivity index is 2.36. The van der Waals surface area contributed by atoms with Gasteiger partial charge in [0.1, 0.15) is 5.69 Å². The van der Waals surface area contributed by atoms with Gasteiger partial charge in [-0.15, -0.1) is 0 Å². The zero-order chi connectivity index (χ0) is 11.5. The molecule has 2 rings (SSSR count). The lowest BCUT2D eigenvalue weighted by molar-refractivity contribution is 0.605. The smallest absolute Gasteiger partial charge is 0.115 e. The summed E-state index contributed by atoms with van der Waals surface area (Å²) in [7, 11) is 0. The molecule has 16 heavy (non-hydrogen) atoms. The van der Waals surface area contributed by atoms with Crippen LogP contribution in [-0.2, 0) is 6.54 Å². The van der Waals surface area contributed by atoms with Gasteiger partial charge in [-0.1, -0.05) is 35.0 Å². The molecule has 0 aliphatic rings. The van der Waals surface area contributed by atoms with Crippen molar-refractivity contribution in [2.45, 2.75) is 19.9 Å². The highest BCUT2D eigenvalue weighted by Crippen LogP contribution is 2.25. The maximum absolute atomic E-state index is 5.95. The molecule has 1 aromatic carbocycles. The lowest BCUT2D eigenvalue weighted by Crippen LogP contribution is -1.96. The van der Waals surface area contributed by atoms with Crippen molar-refractivity contribution in [3.63, 3.8) is 0 Å². The van der Waals surface area contributed by atoms with Gasteiger partial charge >= 0.3 is 0 Å². The highest BCUT2D eigenvalue weighted by atomic mass is 79.9. The normalized spacial score (nSPS) is 10.6. The van der Waals surface area contributed by atoms with Crippen molar-refractivity contribution in [2.75, 3.05) is 5.73 Å². The number of benzene rings is 1. The molecule has 0 amide bonds. The molecule has 0 saturated heterocycles. The molecule has 0 unspecified atom stereocenters. The first-order valence-corrected chi connectivity index (χ1v) is 6.09. The summed E-state index contributed by atoms with van der Waals surface area (Å²) in [5, 5.41) is 4.48. The molecule has 0 saturated carbocycles. The van der Waals surface area contributed by atoms with Crippen LogP contribution < -0.4 is 5.73 Å². The highest BCUT2D eigenvalue weighted by Gasteiger charge is 2.07. The van der Waals surface area contributed by atoms with Crippen LogP contribution in [0.15, 0.2) is 34.9 Å². The Hall–Kier alpha value is -1.29. The SMILES string of the molecule is CCCn1cc(N)c(-c2ccc(Br)cc2)n1. The average Bonchev–Trinajstić information content (AvgIpc) is 2.61. The second kappa shape index (κ2) is 4.70. The Bertz CT molecular complexity index is 474. The predicted molar refractivity (Wildman–Crippen MR) is 70.1 cm³/mol. The summed E-state index contributed by atoms with van der Waals surface area (Å²) in [5.41, 5.74) is 8.59. The third-order valence-electron chi connectivity index (χ3n) is 2.36. The molecule has 0 bridgehead atoms. The average molecular weight is 280 g/mol. The summed E-state index contributed by atoms with van der Waals surface area (Å²) in [6, 6.07) is 8.01. The van der Waals surface area contributed by atoms with Gasteiger partial charge in [-0.2, -0.15) is 5.10 Å². The van der Waals surface area contributed by atoms with E-state index in [0.29, 0.717) is 0 Å². The fourth-order valence-corrected chi connectivity index (χ4v) is 1.88. The Morgan fingerprint density at radius 3 is 2.62 bits per heavy atom. The lowest BCUT2D eigenvalue weighted by Gasteiger charge is -1.99. The number of nitrogens with zero attached hydrogens (tertiary/aromatic N) is 2. The first kappa shape index (κ1) is 11.2. The van der Waals surface area contributed by atoms with Crippen LogP contribution in [0.5, 0.6) is 0 Å². The van der Waals surface area contributed by atoms with E-state index in [9.17, 15) is 0 Å². The van der Waals surface area contributed by atoms with Gasteiger partial charge in [-0.25, -0.2) is 0 Å². The van der Waals surface area contributed by atoms with Crippen molar-refractivity contribution in [3.05, 3.63) is 34.9 Å². The maximum Gasteiger partial charge on any atom is 0.115 e. The highest BCUT2D eigenvalue weighted by molar-refractivity contribution is 9.10. The molecule has 4 heteroatoms. The van der Waals surface area contributed by atoms with E-state index in [0.717, 1.165) is 34.4 Å². The van der Waals surface area contributed by atoms with Gasteiger partial charge in [0.15, 0.2) is 0 Å². The molecular weight excluding hydrogens is 266 g/mol. The number of nitrogens with two attached hydrogens (primary N) is 1. The van der Waals surface area contributed by atoms with E-state index in [4.69, 9.17) is 5.73 Å². The monoisotopic (exact) mass is 279 g/mol. The summed E-state index contributed by atoms with van der Waals surface area (Å²) < 4.78 is 2.95. The Kier molecular flexibility index (Phi) is 3.29. The number of halogens is 1. The number of hydrogen-bond acceptors (Lipinski definition) is 2. The first-order valence-electron chi connectivity index (χ1n) is 5.29. The summed E-state index contributed by atoms with van der Waals surface area (Å²) in [6.45, 7) is 3.03. The largest absolute Gasteiger partial charge is 0.396 e. The van der Waals surface area contributed by atoms with Crippen LogP contribution in [0.3, 0.4) is 0 Å². The minimum Gasteiger partial charge on any atom is -0.396 e. The van der Waals surface area contributed by atoms with Crippen molar-refractivity contribution in [1.82, 2.24) is 9.78 Å². The van der Waals surface area contributed by atoms with E-state index >= 15 is 0 Å². The Morgan fingerprint density at radius 2 is 2.00 bits per heavy atom. The summed E-state index contributed by atoms with van der Waals surface area (Å²) >= 11 is 3.41. The van der Waals surface area contributed by atoms with Crippen molar-refractivity contribution in [3.8, 4) is 11.3 Å². The molecule has 0 aliphatic heterocycles. The van der Waals surface area contributed by atoms with Crippen LogP contribution in [0.4, 0.5) is 5.69 Å². The summed E-state index contributed by atoms with van der Waals surface area (Å²) in [6.07, 6.45) is 2.95. The summed E-state index contributed by atoms with van der Waals surface area (Å²) in [5.74, 6) is 0. The van der Waals surface area contributed by atoms with Gasteiger partial charge < -0.3 is 5.73 Å². The molecule has 2 N–H and O–H groups in total. The minimum absolute atomic E-state index is 0.732. The van der Waals surface area contributed by atoms with Crippen molar-refractivity contribution >= 4 is 21.6 Å². The van der Waals surface area contributed by atoms with Gasteiger partial charge in [0.2, 0.25) is 0 Å². The Labute approximate surface area is 103 Å². The standard InChI is InChI=1S/C12H14BrN3/c1-2-7-16-8-11(14)12(15-16)9-3-5-10(13)6-4-9/h3-6,8H,2,7,14H2,1H3. The second-order valence-corrected chi connectivity index (χ2v) is 4.62. The van der Waals surface area contributed by atoms with Gasteiger partial charge in [-0.3, -0.25) is 4.68 Å². The first-order chi connectivity index (χ1) is 7.70. The topological polar surface area (TPSA) is 43.8 Å². The van der Waals surface area contributed by atoms with E-state index in [1.54, 1.807) is 0 Å². The molecular formula is C12H14BrN3. The fraction of sp³-hybridized carbons (Fsp3) is 0.250. The van der Waals surface area contributed by atoms with Crippen LogP contribution in [0, 0.1) is 0 Å². The number of hydrogen-bond donors (Lipinski definition) is 1. The zero-order valence-electron chi connectivity index (χ0n) is 9.15. The number of nitrogen functional groups attached to an aromatic ring is 1. The molecule has 2 aromatic rings. The molecule has 0 spiro atoms. The maximum atomic E-state index is 5.95. The van der Waals surface area contributed by atoms with Gasteiger partial charge in [0, 0.05) is 22.8 Å². The molecule has 84 valence electrons. The molecule has 3 nitrogen and oxygen atoms in total. The van der Waals surface area contributed by atoms with Gasteiger partial charge in [0.05, 0.1) is 5.69 Å². The van der Waals surface area contributed by atoms with Crippen LogP contribution >= 0.6 is 15.9 Å².